The van der Waals surface area contributed by atoms with Crippen molar-refractivity contribution >= 4 is 12.3 Å². The van der Waals surface area contributed by atoms with E-state index in [1.165, 1.54) is 17.7 Å². The molecule has 33 heavy (non-hydrogen) atoms. The number of hydrogen-bond acceptors (Lipinski definition) is 4. The highest BCUT2D eigenvalue weighted by Gasteiger charge is 2.63. The molecular formula is C27H27FN4O. The molecule has 0 saturated heterocycles. The van der Waals surface area contributed by atoms with Crippen molar-refractivity contribution in [3.05, 3.63) is 64.4 Å². The van der Waals surface area contributed by atoms with E-state index in [0.717, 1.165) is 73.2 Å². The lowest BCUT2D eigenvalue weighted by atomic mass is 9.61. The van der Waals surface area contributed by atoms with E-state index in [-0.39, 0.29) is 11.2 Å². The summed E-state index contributed by atoms with van der Waals surface area (Å²) in [7, 11) is 0. The lowest BCUT2D eigenvalue weighted by Crippen LogP contribution is -2.49. The zero-order valence-electron chi connectivity index (χ0n) is 18.6. The van der Waals surface area contributed by atoms with Gasteiger partial charge in [-0.15, -0.1) is 0 Å². The Kier molecular flexibility index (Phi) is 4.67. The van der Waals surface area contributed by atoms with Crippen LogP contribution in [-0.2, 0) is 6.42 Å². The molecule has 4 aliphatic rings. The Morgan fingerprint density at radius 3 is 2.79 bits per heavy atom. The fourth-order valence-electron chi connectivity index (χ4n) is 6.48. The number of halogens is 1. The van der Waals surface area contributed by atoms with Gasteiger partial charge in [-0.25, -0.2) is 9.07 Å². The van der Waals surface area contributed by atoms with Gasteiger partial charge in [0.15, 0.2) is 0 Å². The van der Waals surface area contributed by atoms with Crippen LogP contribution in [0.3, 0.4) is 0 Å². The summed E-state index contributed by atoms with van der Waals surface area (Å²) < 4.78 is 15.3. The first-order valence-corrected chi connectivity index (χ1v) is 11.9. The second kappa shape index (κ2) is 7.50. The Balaban J connectivity index is 1.35. The molecule has 2 unspecified atom stereocenters. The van der Waals surface area contributed by atoms with Gasteiger partial charge in [-0.3, -0.25) is 4.99 Å². The molecule has 168 valence electrons. The largest absolute Gasteiger partial charge is 0.389 e. The molecule has 6 rings (SSSR count). The van der Waals surface area contributed by atoms with Gasteiger partial charge in [0, 0.05) is 11.6 Å². The van der Waals surface area contributed by atoms with Gasteiger partial charge in [-0.05, 0) is 99.6 Å². The van der Waals surface area contributed by atoms with Crippen molar-refractivity contribution in [1.82, 2.24) is 9.78 Å². The third-order valence-corrected chi connectivity index (χ3v) is 8.25. The second-order valence-corrected chi connectivity index (χ2v) is 9.95. The van der Waals surface area contributed by atoms with E-state index in [0.29, 0.717) is 18.8 Å². The summed E-state index contributed by atoms with van der Waals surface area (Å²) in [4.78, 5) is 4.51. The Morgan fingerprint density at radius 2 is 2.03 bits per heavy atom. The summed E-state index contributed by atoms with van der Waals surface area (Å²) in [5, 5.41) is 26.3. The average molecular weight is 443 g/mol. The highest BCUT2D eigenvalue weighted by atomic mass is 19.1. The fraction of sp³-hybridized carbons (Fsp3) is 0.444. The zero-order chi connectivity index (χ0) is 22.6. The molecule has 6 heteroatoms. The molecule has 2 fully saturated rings. The smallest absolute Gasteiger partial charge is 0.123 e. The number of aliphatic imine (C=N–C) groups is 1. The van der Waals surface area contributed by atoms with E-state index in [2.05, 4.69) is 22.2 Å². The van der Waals surface area contributed by atoms with E-state index in [1.807, 2.05) is 17.1 Å². The van der Waals surface area contributed by atoms with Gasteiger partial charge in [0.2, 0.25) is 0 Å². The number of rotatable bonds is 5. The van der Waals surface area contributed by atoms with E-state index < -0.39 is 5.60 Å². The van der Waals surface area contributed by atoms with Crippen LogP contribution in [0, 0.1) is 28.5 Å². The third-order valence-electron chi connectivity index (χ3n) is 8.25. The van der Waals surface area contributed by atoms with Gasteiger partial charge in [0.25, 0.3) is 0 Å². The summed E-state index contributed by atoms with van der Waals surface area (Å²) in [6.07, 6.45) is 13.6. The van der Waals surface area contributed by atoms with E-state index in [9.17, 15) is 14.8 Å². The van der Waals surface area contributed by atoms with Crippen LogP contribution in [0.15, 0.2) is 52.3 Å². The lowest BCUT2D eigenvalue weighted by Gasteiger charge is -2.46. The first-order chi connectivity index (χ1) is 16.0. The number of nitrogens with zero attached hydrogens (tertiary/aromatic N) is 4. The van der Waals surface area contributed by atoms with Crippen LogP contribution in [0.5, 0.6) is 0 Å². The number of aliphatic hydroxyl groups is 1. The fourth-order valence-corrected chi connectivity index (χ4v) is 6.48. The van der Waals surface area contributed by atoms with Crippen LogP contribution in [0.1, 0.15) is 62.6 Å². The Bertz CT molecular complexity index is 1240. The van der Waals surface area contributed by atoms with Gasteiger partial charge in [0.1, 0.15) is 5.82 Å². The highest BCUT2D eigenvalue weighted by Crippen LogP contribution is 2.66. The van der Waals surface area contributed by atoms with Crippen molar-refractivity contribution in [2.24, 2.45) is 16.3 Å². The zero-order valence-corrected chi connectivity index (χ0v) is 18.6. The minimum Gasteiger partial charge on any atom is -0.389 e. The van der Waals surface area contributed by atoms with E-state index >= 15 is 0 Å². The molecule has 0 amide bonds. The first kappa shape index (κ1) is 20.6. The van der Waals surface area contributed by atoms with Crippen molar-refractivity contribution < 1.29 is 9.50 Å². The first-order valence-electron chi connectivity index (χ1n) is 11.9. The number of benzene rings is 1. The molecule has 0 bridgehead atoms. The Morgan fingerprint density at radius 1 is 1.21 bits per heavy atom. The van der Waals surface area contributed by atoms with Crippen LogP contribution in [0.4, 0.5) is 4.39 Å². The van der Waals surface area contributed by atoms with Crippen molar-refractivity contribution in [2.75, 3.05) is 0 Å². The van der Waals surface area contributed by atoms with Gasteiger partial charge in [-0.1, -0.05) is 5.57 Å². The van der Waals surface area contributed by atoms with Gasteiger partial charge in [0.05, 0.1) is 40.5 Å². The molecule has 0 spiro atoms. The molecule has 0 radical (unpaired) electrons. The SMILES string of the molecule is N#CC1=C(CCC2(O)CCC3=Cc4c(cnn4-c4ccc(F)cc4)CC32C2CC2)N=CCC1. The monoisotopic (exact) mass is 442 g/mol. The molecule has 5 nitrogen and oxygen atoms in total. The summed E-state index contributed by atoms with van der Waals surface area (Å²) >= 11 is 0. The average Bonchev–Trinajstić information content (AvgIpc) is 3.56. The molecular weight excluding hydrogens is 415 g/mol. The van der Waals surface area contributed by atoms with E-state index in [4.69, 9.17) is 0 Å². The number of nitriles is 1. The van der Waals surface area contributed by atoms with Crippen LogP contribution >= 0.6 is 0 Å². The van der Waals surface area contributed by atoms with Crippen molar-refractivity contribution in [2.45, 2.75) is 63.4 Å². The van der Waals surface area contributed by atoms with Crippen molar-refractivity contribution in [1.29, 1.82) is 5.26 Å². The van der Waals surface area contributed by atoms with Crippen molar-refractivity contribution in [3.63, 3.8) is 0 Å². The maximum absolute atomic E-state index is 13.4. The molecule has 2 saturated carbocycles. The second-order valence-electron chi connectivity index (χ2n) is 9.95. The lowest BCUT2D eigenvalue weighted by molar-refractivity contribution is -0.0661. The van der Waals surface area contributed by atoms with Crippen LogP contribution in [0.25, 0.3) is 11.8 Å². The molecule has 1 N–H and O–H groups in total. The standard InChI is InChI=1S/C27H27FN4O/c28-22-5-7-23(8-6-22)32-25-14-21-9-11-26(33,12-10-24-18(16-29)2-1-13-30-24)27(21,20-3-4-20)15-19(25)17-31-32/h5-8,13-14,17,20,33H,1-4,9-12,15H2. The Hall–Kier alpha value is -3.04. The summed E-state index contributed by atoms with van der Waals surface area (Å²) in [6, 6.07) is 8.73. The molecule has 1 aromatic carbocycles. The minimum absolute atomic E-state index is 0.260. The van der Waals surface area contributed by atoms with Crippen LogP contribution in [-0.4, -0.2) is 26.7 Å². The number of hydrogen-bond donors (Lipinski definition) is 1. The normalized spacial score (nSPS) is 28.3. The maximum Gasteiger partial charge on any atom is 0.123 e. The number of allylic oxidation sites excluding steroid dienone is 2. The van der Waals surface area contributed by atoms with E-state index in [1.54, 1.807) is 12.1 Å². The van der Waals surface area contributed by atoms with Crippen LogP contribution < -0.4 is 0 Å². The maximum atomic E-state index is 13.4. The van der Waals surface area contributed by atoms with Gasteiger partial charge < -0.3 is 5.11 Å². The van der Waals surface area contributed by atoms with Gasteiger partial charge >= 0.3 is 0 Å². The molecule has 2 heterocycles. The molecule has 3 aliphatic carbocycles. The number of fused-ring (bicyclic) bond motifs is 2. The van der Waals surface area contributed by atoms with Crippen molar-refractivity contribution in [3.8, 4) is 11.8 Å². The topological polar surface area (TPSA) is 74.2 Å². The highest BCUT2D eigenvalue weighted by molar-refractivity contribution is 5.64. The summed E-state index contributed by atoms with van der Waals surface area (Å²) in [5.74, 6) is 0.224. The molecule has 2 aromatic rings. The minimum atomic E-state index is -0.809. The molecule has 1 aliphatic heterocycles. The predicted octanol–water partition coefficient (Wildman–Crippen LogP) is 5.29. The quantitative estimate of drug-likeness (QED) is 0.683. The predicted molar refractivity (Wildman–Crippen MR) is 124 cm³/mol. The summed E-state index contributed by atoms with van der Waals surface area (Å²) in [6.45, 7) is 0. The van der Waals surface area contributed by atoms with Crippen LogP contribution in [0.2, 0.25) is 0 Å². The molecule has 1 aromatic heterocycles. The van der Waals surface area contributed by atoms with Gasteiger partial charge in [-0.2, -0.15) is 10.4 Å². The Labute approximate surface area is 193 Å². The molecule has 2 atom stereocenters. The summed E-state index contributed by atoms with van der Waals surface area (Å²) in [5.41, 5.74) is 4.89. The third kappa shape index (κ3) is 3.13. The number of aromatic nitrogens is 2.